The van der Waals surface area contributed by atoms with E-state index in [1.807, 2.05) is 0 Å². The van der Waals surface area contributed by atoms with Gasteiger partial charge in [-0.25, -0.2) is 4.79 Å². The second-order valence-electron chi connectivity index (χ2n) is 4.46. The average molecular weight is 253 g/mol. The van der Waals surface area contributed by atoms with Gasteiger partial charge in [0.1, 0.15) is 6.17 Å². The fraction of sp³-hybridized carbons (Fsp3) is 0.583. The highest BCUT2D eigenvalue weighted by Gasteiger charge is 2.29. The van der Waals surface area contributed by atoms with Crippen LogP contribution in [-0.4, -0.2) is 71.5 Å². The lowest BCUT2D eigenvalue weighted by Gasteiger charge is -2.39. The van der Waals surface area contributed by atoms with Crippen LogP contribution in [-0.2, 0) is 4.79 Å². The second-order valence-corrected chi connectivity index (χ2v) is 4.46. The maximum atomic E-state index is 11.2. The van der Waals surface area contributed by atoms with Crippen molar-refractivity contribution in [3.05, 3.63) is 23.9 Å². The predicted octanol–water partition coefficient (Wildman–Crippen LogP) is -0.950. The van der Waals surface area contributed by atoms with E-state index < -0.39 is 5.97 Å². The predicted molar refractivity (Wildman–Crippen MR) is 66.9 cm³/mol. The molecular weight excluding hydrogens is 234 g/mol. The highest BCUT2D eigenvalue weighted by Crippen LogP contribution is 2.14. The number of β-amino-alcohol motifs (C(OH)–C–C–N with tert-alkyl or cyclic N) is 1. The summed E-state index contributed by atoms with van der Waals surface area (Å²) in [6.45, 7) is 4.18. The Balaban J connectivity index is 1.95. The summed E-state index contributed by atoms with van der Waals surface area (Å²) in [6, 6.07) is 0. The summed E-state index contributed by atoms with van der Waals surface area (Å²) in [6.07, 6.45) is 4.88. The Hall–Kier alpha value is -1.37. The Bertz CT molecular complexity index is 360. The zero-order chi connectivity index (χ0) is 13.0. The molecule has 0 amide bonds. The molecule has 0 aromatic carbocycles. The van der Waals surface area contributed by atoms with Crippen LogP contribution in [0.15, 0.2) is 23.9 Å². The first kappa shape index (κ1) is 13.1. The first-order valence-corrected chi connectivity index (χ1v) is 6.15. The van der Waals surface area contributed by atoms with Gasteiger partial charge in [-0.3, -0.25) is 9.80 Å². The number of hydrogen-bond donors (Lipinski definition) is 3. The van der Waals surface area contributed by atoms with Gasteiger partial charge in [-0.15, -0.1) is 0 Å². The Morgan fingerprint density at radius 3 is 2.72 bits per heavy atom. The molecule has 100 valence electrons. The molecule has 6 heteroatoms. The van der Waals surface area contributed by atoms with Gasteiger partial charge >= 0.3 is 5.97 Å². The van der Waals surface area contributed by atoms with E-state index in [1.165, 1.54) is 0 Å². The molecule has 0 aromatic rings. The van der Waals surface area contributed by atoms with E-state index in [1.54, 1.807) is 18.4 Å². The van der Waals surface area contributed by atoms with Crippen LogP contribution < -0.4 is 5.32 Å². The number of nitrogens with zero attached hydrogens (tertiary/aromatic N) is 2. The monoisotopic (exact) mass is 253 g/mol. The standard InChI is InChI=1S/C12H19N3O3/c16-9-8-14-4-6-15(7-5-14)11-10(12(17)18)2-1-3-13-11/h1-3,11,13,16H,4-9H2,(H,17,18). The van der Waals surface area contributed by atoms with Crippen molar-refractivity contribution in [1.82, 2.24) is 15.1 Å². The van der Waals surface area contributed by atoms with Gasteiger partial charge in [0.05, 0.1) is 12.2 Å². The molecule has 2 aliphatic heterocycles. The summed E-state index contributed by atoms with van der Waals surface area (Å²) < 4.78 is 0. The third-order valence-corrected chi connectivity index (χ3v) is 3.36. The molecule has 2 aliphatic rings. The topological polar surface area (TPSA) is 76.0 Å². The van der Waals surface area contributed by atoms with Crippen molar-refractivity contribution in [3.63, 3.8) is 0 Å². The number of aliphatic hydroxyl groups is 1. The fourth-order valence-electron chi connectivity index (χ4n) is 2.36. The van der Waals surface area contributed by atoms with Gasteiger partial charge in [-0.05, 0) is 18.4 Å². The zero-order valence-electron chi connectivity index (χ0n) is 10.2. The van der Waals surface area contributed by atoms with Crippen molar-refractivity contribution in [2.45, 2.75) is 6.17 Å². The minimum absolute atomic E-state index is 0.171. The molecule has 0 aromatic heterocycles. The Morgan fingerprint density at radius 2 is 2.11 bits per heavy atom. The number of carboxylic acid groups (broad SMARTS) is 1. The normalized spacial score (nSPS) is 25.6. The molecule has 0 saturated carbocycles. The van der Waals surface area contributed by atoms with Crippen LogP contribution in [0.3, 0.4) is 0 Å². The summed E-state index contributed by atoms with van der Waals surface area (Å²) >= 11 is 0. The zero-order valence-corrected chi connectivity index (χ0v) is 10.2. The first-order valence-electron chi connectivity index (χ1n) is 6.15. The van der Waals surface area contributed by atoms with E-state index in [2.05, 4.69) is 15.1 Å². The van der Waals surface area contributed by atoms with Crippen molar-refractivity contribution in [2.24, 2.45) is 0 Å². The molecule has 1 atom stereocenters. The lowest BCUT2D eigenvalue weighted by molar-refractivity contribution is -0.133. The van der Waals surface area contributed by atoms with Crippen molar-refractivity contribution >= 4 is 5.97 Å². The van der Waals surface area contributed by atoms with Crippen molar-refractivity contribution in [1.29, 1.82) is 0 Å². The largest absolute Gasteiger partial charge is 0.478 e. The highest BCUT2D eigenvalue weighted by molar-refractivity contribution is 5.88. The molecule has 0 spiro atoms. The van der Waals surface area contributed by atoms with Crippen LogP contribution in [0.1, 0.15) is 0 Å². The Morgan fingerprint density at radius 1 is 1.39 bits per heavy atom. The SMILES string of the molecule is O=C(O)C1=CC=CNC1N1CCN(CCO)CC1. The third-order valence-electron chi connectivity index (χ3n) is 3.36. The molecule has 1 unspecified atom stereocenters. The number of carboxylic acids is 1. The molecule has 6 nitrogen and oxygen atoms in total. The summed E-state index contributed by atoms with van der Waals surface area (Å²) in [5, 5.41) is 21.1. The van der Waals surface area contributed by atoms with Crippen LogP contribution in [0, 0.1) is 0 Å². The minimum atomic E-state index is -0.880. The number of aliphatic hydroxyl groups excluding tert-OH is 1. The van der Waals surface area contributed by atoms with Crippen LogP contribution in [0.4, 0.5) is 0 Å². The molecule has 1 saturated heterocycles. The van der Waals surface area contributed by atoms with Gasteiger partial charge < -0.3 is 15.5 Å². The quantitative estimate of drug-likeness (QED) is 0.600. The fourth-order valence-corrected chi connectivity index (χ4v) is 2.36. The van der Waals surface area contributed by atoms with Crippen molar-refractivity contribution in [2.75, 3.05) is 39.3 Å². The molecule has 0 bridgehead atoms. The van der Waals surface area contributed by atoms with Gasteiger partial charge in [0.2, 0.25) is 0 Å². The van der Waals surface area contributed by atoms with Gasteiger partial charge in [0, 0.05) is 32.7 Å². The summed E-state index contributed by atoms with van der Waals surface area (Å²) in [7, 11) is 0. The summed E-state index contributed by atoms with van der Waals surface area (Å²) in [5.41, 5.74) is 0.383. The number of piperazine rings is 1. The smallest absolute Gasteiger partial charge is 0.335 e. The summed E-state index contributed by atoms with van der Waals surface area (Å²) in [4.78, 5) is 15.5. The third kappa shape index (κ3) is 2.90. The number of rotatable bonds is 4. The number of carbonyl (C=O) groups is 1. The van der Waals surface area contributed by atoms with Gasteiger partial charge in [0.15, 0.2) is 0 Å². The second kappa shape index (κ2) is 5.99. The van der Waals surface area contributed by atoms with Crippen LogP contribution in [0.2, 0.25) is 0 Å². The molecule has 1 fully saturated rings. The van der Waals surface area contributed by atoms with E-state index >= 15 is 0 Å². The number of dihydropyridines is 1. The van der Waals surface area contributed by atoms with Gasteiger partial charge in [0.25, 0.3) is 0 Å². The van der Waals surface area contributed by atoms with Crippen molar-refractivity contribution in [3.8, 4) is 0 Å². The number of hydrogen-bond acceptors (Lipinski definition) is 5. The molecule has 0 aliphatic carbocycles. The maximum Gasteiger partial charge on any atom is 0.335 e. The van der Waals surface area contributed by atoms with Gasteiger partial charge in [-0.1, -0.05) is 0 Å². The minimum Gasteiger partial charge on any atom is -0.478 e. The molecule has 0 radical (unpaired) electrons. The molecule has 3 N–H and O–H groups in total. The van der Waals surface area contributed by atoms with E-state index in [9.17, 15) is 4.79 Å². The highest BCUT2D eigenvalue weighted by atomic mass is 16.4. The Kier molecular flexibility index (Phi) is 4.35. The van der Waals surface area contributed by atoms with Crippen LogP contribution in [0.5, 0.6) is 0 Å². The molecular formula is C12H19N3O3. The first-order chi connectivity index (χ1) is 8.72. The Labute approximate surface area is 106 Å². The van der Waals surface area contributed by atoms with E-state index in [-0.39, 0.29) is 12.8 Å². The van der Waals surface area contributed by atoms with Gasteiger partial charge in [-0.2, -0.15) is 0 Å². The van der Waals surface area contributed by atoms with Crippen LogP contribution >= 0.6 is 0 Å². The maximum absolute atomic E-state index is 11.2. The number of nitrogens with one attached hydrogen (secondary N) is 1. The summed E-state index contributed by atoms with van der Waals surface area (Å²) in [5.74, 6) is -0.880. The van der Waals surface area contributed by atoms with E-state index in [0.29, 0.717) is 12.1 Å². The van der Waals surface area contributed by atoms with E-state index in [4.69, 9.17) is 10.2 Å². The van der Waals surface area contributed by atoms with Crippen molar-refractivity contribution < 1.29 is 15.0 Å². The lowest BCUT2D eigenvalue weighted by Crippen LogP contribution is -2.56. The van der Waals surface area contributed by atoms with Crippen LogP contribution in [0.25, 0.3) is 0 Å². The average Bonchev–Trinajstić information content (AvgIpc) is 2.40. The molecule has 2 heterocycles. The number of allylic oxidation sites excluding steroid dienone is 2. The molecule has 18 heavy (non-hydrogen) atoms. The van der Waals surface area contributed by atoms with E-state index in [0.717, 1.165) is 26.2 Å². The lowest BCUT2D eigenvalue weighted by atomic mass is 10.1. The molecule has 2 rings (SSSR count). The number of aliphatic carboxylic acids is 1.